The van der Waals surface area contributed by atoms with E-state index in [0.717, 1.165) is 24.4 Å². The van der Waals surface area contributed by atoms with Gasteiger partial charge in [-0.05, 0) is 23.7 Å². The van der Waals surface area contributed by atoms with Crippen LogP contribution in [0.25, 0.3) is 0 Å². The molecule has 19 heavy (non-hydrogen) atoms. The summed E-state index contributed by atoms with van der Waals surface area (Å²) in [6, 6.07) is 11.0. The van der Waals surface area contributed by atoms with Crippen LogP contribution in [0.15, 0.2) is 36.7 Å². The molecule has 1 N–H and O–H groups in total. The van der Waals surface area contributed by atoms with Gasteiger partial charge in [-0.25, -0.2) is 0 Å². The summed E-state index contributed by atoms with van der Waals surface area (Å²) >= 11 is 5.27. The molecule has 5 heteroatoms. The van der Waals surface area contributed by atoms with E-state index in [9.17, 15) is 0 Å². The van der Waals surface area contributed by atoms with Crippen LogP contribution in [0.3, 0.4) is 0 Å². The molecule has 3 rings (SSSR count). The maximum atomic E-state index is 5.27. The van der Waals surface area contributed by atoms with Crippen molar-refractivity contribution in [3.63, 3.8) is 0 Å². The van der Waals surface area contributed by atoms with E-state index in [1.54, 1.807) is 0 Å². The number of hydrogen-bond acceptors (Lipinski definition) is 3. The van der Waals surface area contributed by atoms with Gasteiger partial charge < -0.3 is 4.57 Å². The van der Waals surface area contributed by atoms with Gasteiger partial charge in [0.1, 0.15) is 6.33 Å². The van der Waals surface area contributed by atoms with Crippen LogP contribution < -0.4 is 0 Å². The third-order valence-corrected chi connectivity index (χ3v) is 4.13. The molecule has 4 nitrogen and oxygen atoms in total. The van der Waals surface area contributed by atoms with Gasteiger partial charge in [-0.2, -0.15) is 5.10 Å². The fraction of sp³-hybridized carbons (Fsp3) is 0.429. The lowest BCUT2D eigenvalue weighted by Gasteiger charge is -2.16. The summed E-state index contributed by atoms with van der Waals surface area (Å²) in [7, 11) is 0. The van der Waals surface area contributed by atoms with Gasteiger partial charge in [0.15, 0.2) is 4.77 Å². The van der Waals surface area contributed by atoms with Crippen molar-refractivity contribution >= 4 is 12.2 Å². The van der Waals surface area contributed by atoms with Crippen molar-refractivity contribution in [3.05, 3.63) is 47.0 Å². The van der Waals surface area contributed by atoms with Crippen LogP contribution in [-0.4, -0.2) is 32.8 Å². The number of benzene rings is 1. The molecule has 0 bridgehead atoms. The van der Waals surface area contributed by atoms with Gasteiger partial charge in [0.05, 0.1) is 6.04 Å². The first-order valence-electron chi connectivity index (χ1n) is 6.62. The second kappa shape index (κ2) is 5.27. The Morgan fingerprint density at radius 3 is 2.79 bits per heavy atom. The second-order valence-electron chi connectivity index (χ2n) is 5.29. The molecule has 2 aromatic rings. The molecule has 2 heterocycles. The van der Waals surface area contributed by atoms with E-state index >= 15 is 0 Å². The van der Waals surface area contributed by atoms with E-state index in [2.05, 4.69) is 56.9 Å². The lowest BCUT2D eigenvalue weighted by Crippen LogP contribution is -2.21. The van der Waals surface area contributed by atoms with Crippen molar-refractivity contribution in [2.75, 3.05) is 13.1 Å². The SMILES string of the molecule is CC1CN(Cc2ccccc2)CC1n1cn[nH]c1=S. The van der Waals surface area contributed by atoms with Crippen LogP contribution in [0.2, 0.25) is 0 Å². The normalized spacial score (nSPS) is 23.8. The van der Waals surface area contributed by atoms with Gasteiger partial charge in [-0.3, -0.25) is 10.00 Å². The Morgan fingerprint density at radius 2 is 2.11 bits per heavy atom. The maximum absolute atomic E-state index is 5.27. The molecule has 1 aliphatic rings. The number of nitrogens with zero attached hydrogens (tertiary/aromatic N) is 3. The first kappa shape index (κ1) is 12.6. The van der Waals surface area contributed by atoms with Crippen molar-refractivity contribution in [2.24, 2.45) is 5.92 Å². The molecule has 0 radical (unpaired) electrons. The number of hydrogen-bond donors (Lipinski definition) is 1. The zero-order valence-corrected chi connectivity index (χ0v) is 11.8. The quantitative estimate of drug-likeness (QED) is 0.874. The van der Waals surface area contributed by atoms with Crippen molar-refractivity contribution < 1.29 is 0 Å². The molecular weight excluding hydrogens is 256 g/mol. The average molecular weight is 274 g/mol. The van der Waals surface area contributed by atoms with Gasteiger partial charge >= 0.3 is 0 Å². The molecule has 0 aliphatic carbocycles. The average Bonchev–Trinajstić information content (AvgIpc) is 2.97. The Balaban J connectivity index is 1.72. The molecule has 1 aromatic carbocycles. The molecule has 2 unspecified atom stereocenters. The van der Waals surface area contributed by atoms with Crippen molar-refractivity contribution in [1.82, 2.24) is 19.7 Å². The zero-order chi connectivity index (χ0) is 13.2. The van der Waals surface area contributed by atoms with Crippen molar-refractivity contribution in [1.29, 1.82) is 0 Å². The summed E-state index contributed by atoms with van der Waals surface area (Å²) in [5, 5.41) is 6.86. The highest BCUT2D eigenvalue weighted by molar-refractivity contribution is 7.71. The third kappa shape index (κ3) is 2.62. The first-order valence-corrected chi connectivity index (χ1v) is 7.02. The number of nitrogens with one attached hydrogen (secondary N) is 1. The molecule has 100 valence electrons. The van der Waals surface area contributed by atoms with E-state index in [0.29, 0.717) is 12.0 Å². The monoisotopic (exact) mass is 274 g/mol. The standard InChI is InChI=1S/C14H18N4S/c1-11-7-17(8-12-5-3-2-4-6-12)9-13(11)18-10-15-16-14(18)19/h2-6,10-11,13H,7-9H2,1H3,(H,16,19). The summed E-state index contributed by atoms with van der Waals surface area (Å²) in [6.45, 7) is 5.42. The summed E-state index contributed by atoms with van der Waals surface area (Å²) < 4.78 is 2.81. The highest BCUT2D eigenvalue weighted by atomic mass is 32.1. The molecular formula is C14H18N4S. The third-order valence-electron chi connectivity index (χ3n) is 3.83. The van der Waals surface area contributed by atoms with Crippen LogP contribution in [0.4, 0.5) is 0 Å². The Morgan fingerprint density at radius 1 is 1.32 bits per heavy atom. The van der Waals surface area contributed by atoms with Crippen LogP contribution in [0.5, 0.6) is 0 Å². The maximum Gasteiger partial charge on any atom is 0.195 e. The smallest absolute Gasteiger partial charge is 0.195 e. The highest BCUT2D eigenvalue weighted by Crippen LogP contribution is 2.28. The van der Waals surface area contributed by atoms with E-state index in [-0.39, 0.29) is 0 Å². The molecule has 0 spiro atoms. The van der Waals surface area contributed by atoms with Gasteiger partial charge in [0.2, 0.25) is 0 Å². The predicted molar refractivity (Wildman–Crippen MR) is 77.3 cm³/mol. The zero-order valence-electron chi connectivity index (χ0n) is 11.0. The van der Waals surface area contributed by atoms with Crippen LogP contribution in [0.1, 0.15) is 18.5 Å². The fourth-order valence-corrected chi connectivity index (χ4v) is 3.11. The van der Waals surface area contributed by atoms with E-state index in [4.69, 9.17) is 12.2 Å². The Bertz CT molecular complexity index is 589. The largest absolute Gasteiger partial charge is 0.302 e. The summed E-state index contributed by atoms with van der Waals surface area (Å²) in [4.78, 5) is 2.49. The predicted octanol–water partition coefficient (Wildman–Crippen LogP) is 2.63. The summed E-state index contributed by atoms with van der Waals surface area (Å²) in [5.41, 5.74) is 1.37. The van der Waals surface area contributed by atoms with Crippen LogP contribution in [0, 0.1) is 10.7 Å². The van der Waals surface area contributed by atoms with Crippen LogP contribution in [-0.2, 0) is 6.54 Å². The number of aromatic amines is 1. The van der Waals surface area contributed by atoms with Gasteiger partial charge in [0, 0.05) is 19.6 Å². The molecule has 0 saturated carbocycles. The van der Waals surface area contributed by atoms with E-state index in [1.165, 1.54) is 5.56 Å². The molecule has 1 saturated heterocycles. The Kier molecular flexibility index (Phi) is 3.48. The molecule has 0 amide bonds. The number of rotatable bonds is 3. The lowest BCUT2D eigenvalue weighted by molar-refractivity contribution is 0.313. The summed E-state index contributed by atoms with van der Waals surface area (Å²) in [6.07, 6.45) is 1.81. The number of likely N-dealkylation sites (tertiary alicyclic amines) is 1. The molecule has 1 aromatic heterocycles. The minimum Gasteiger partial charge on any atom is -0.302 e. The first-order chi connectivity index (χ1) is 9.24. The number of H-pyrrole nitrogens is 1. The van der Waals surface area contributed by atoms with Gasteiger partial charge in [-0.1, -0.05) is 37.3 Å². The van der Waals surface area contributed by atoms with Gasteiger partial charge in [0.25, 0.3) is 0 Å². The Labute approximate surface area is 118 Å². The second-order valence-corrected chi connectivity index (χ2v) is 5.68. The van der Waals surface area contributed by atoms with E-state index in [1.807, 2.05) is 6.33 Å². The number of aromatic nitrogens is 3. The van der Waals surface area contributed by atoms with Gasteiger partial charge in [-0.15, -0.1) is 0 Å². The van der Waals surface area contributed by atoms with Crippen molar-refractivity contribution in [3.8, 4) is 0 Å². The molecule has 1 fully saturated rings. The van der Waals surface area contributed by atoms with Crippen LogP contribution >= 0.6 is 12.2 Å². The van der Waals surface area contributed by atoms with Crippen molar-refractivity contribution in [2.45, 2.75) is 19.5 Å². The topological polar surface area (TPSA) is 36.9 Å². The summed E-state index contributed by atoms with van der Waals surface area (Å²) in [5.74, 6) is 0.591. The minimum absolute atomic E-state index is 0.426. The fourth-order valence-electron chi connectivity index (χ4n) is 2.87. The molecule has 2 atom stereocenters. The van der Waals surface area contributed by atoms with E-state index < -0.39 is 0 Å². The highest BCUT2D eigenvalue weighted by Gasteiger charge is 2.31. The lowest BCUT2D eigenvalue weighted by atomic mass is 10.1. The Hall–Kier alpha value is -1.46. The molecule has 1 aliphatic heterocycles. The minimum atomic E-state index is 0.426.